The van der Waals surface area contributed by atoms with Crippen molar-refractivity contribution in [1.29, 1.82) is 0 Å². The van der Waals surface area contributed by atoms with E-state index in [-0.39, 0.29) is 5.78 Å². The fourth-order valence-electron chi connectivity index (χ4n) is 1.84. The molecule has 0 N–H and O–H groups in total. The number of hydrogen-bond acceptors (Lipinski definition) is 2. The molecule has 0 saturated heterocycles. The second-order valence-corrected chi connectivity index (χ2v) is 4.59. The maximum absolute atomic E-state index is 11.8. The zero-order chi connectivity index (χ0) is 10.8. The number of fused-ring (bicyclic) bond motifs is 1. The van der Waals surface area contributed by atoms with Gasteiger partial charge in [-0.2, -0.15) is 0 Å². The number of carbonyl (C=O) groups excluding carboxylic acids is 1. The van der Waals surface area contributed by atoms with Crippen LogP contribution in [0.15, 0.2) is 24.3 Å². The summed E-state index contributed by atoms with van der Waals surface area (Å²) in [6, 6.07) is 8.26. The highest BCUT2D eigenvalue weighted by Gasteiger charge is 2.14. The highest BCUT2D eigenvalue weighted by Crippen LogP contribution is 2.32. The Labute approximate surface area is 93.7 Å². The Hall–Kier alpha value is -1.15. The second kappa shape index (κ2) is 4.15. The van der Waals surface area contributed by atoms with Crippen LogP contribution in [0.5, 0.6) is 0 Å². The van der Waals surface area contributed by atoms with Crippen LogP contribution in [-0.4, -0.2) is 5.78 Å². The van der Waals surface area contributed by atoms with E-state index in [0.29, 0.717) is 6.42 Å². The quantitative estimate of drug-likeness (QED) is 0.710. The van der Waals surface area contributed by atoms with E-state index in [9.17, 15) is 4.79 Å². The van der Waals surface area contributed by atoms with Gasteiger partial charge in [-0.25, -0.2) is 0 Å². The minimum Gasteiger partial charge on any atom is -0.293 e. The van der Waals surface area contributed by atoms with Gasteiger partial charge in [0, 0.05) is 11.1 Å². The summed E-state index contributed by atoms with van der Waals surface area (Å²) in [6.45, 7) is 4.03. The smallest absolute Gasteiger partial charge is 0.172 e. The van der Waals surface area contributed by atoms with Crippen molar-refractivity contribution in [3.8, 4) is 0 Å². The fraction of sp³-hybridized carbons (Fsp3) is 0.308. The van der Waals surface area contributed by atoms with E-state index in [1.807, 2.05) is 19.1 Å². The molecule has 0 radical (unpaired) electrons. The average molecular weight is 218 g/mol. The molecule has 0 spiro atoms. The summed E-state index contributed by atoms with van der Waals surface area (Å²) in [5.74, 6) is 0.271. The summed E-state index contributed by atoms with van der Waals surface area (Å²) in [4.78, 5) is 12.7. The lowest BCUT2D eigenvalue weighted by Gasteiger charge is -1.98. The lowest BCUT2D eigenvalue weighted by atomic mass is 10.1. The third-order valence-corrected chi connectivity index (χ3v) is 3.88. The Balaban J connectivity index is 2.69. The zero-order valence-corrected chi connectivity index (χ0v) is 9.86. The van der Waals surface area contributed by atoms with Crippen LogP contribution in [0, 0.1) is 0 Å². The van der Waals surface area contributed by atoms with E-state index in [0.717, 1.165) is 11.3 Å². The van der Waals surface area contributed by atoms with Crippen LogP contribution in [0.25, 0.3) is 10.1 Å². The third-order valence-electron chi connectivity index (χ3n) is 2.63. The minimum atomic E-state index is 0.271. The normalized spacial score (nSPS) is 10.8. The SMILES string of the molecule is CCC(=O)c1sc2ccccc2c1CC. The predicted octanol–water partition coefficient (Wildman–Crippen LogP) is 4.06. The van der Waals surface area contributed by atoms with E-state index in [4.69, 9.17) is 0 Å². The van der Waals surface area contributed by atoms with Crippen LogP contribution in [0.1, 0.15) is 35.5 Å². The van der Waals surface area contributed by atoms with Crippen molar-refractivity contribution < 1.29 is 4.79 Å². The molecule has 0 atom stereocenters. The van der Waals surface area contributed by atoms with Gasteiger partial charge in [-0.1, -0.05) is 32.0 Å². The van der Waals surface area contributed by atoms with E-state index in [1.165, 1.54) is 15.6 Å². The van der Waals surface area contributed by atoms with Crippen molar-refractivity contribution in [1.82, 2.24) is 0 Å². The molecule has 0 aliphatic carbocycles. The topological polar surface area (TPSA) is 17.1 Å². The first-order chi connectivity index (χ1) is 7.27. The molecule has 2 rings (SSSR count). The number of benzene rings is 1. The fourth-order valence-corrected chi connectivity index (χ4v) is 3.14. The number of hydrogen-bond donors (Lipinski definition) is 0. The van der Waals surface area contributed by atoms with Crippen LogP contribution in [0.3, 0.4) is 0 Å². The summed E-state index contributed by atoms with van der Waals surface area (Å²) < 4.78 is 1.23. The molecule has 0 aliphatic rings. The van der Waals surface area contributed by atoms with Crippen LogP contribution < -0.4 is 0 Å². The van der Waals surface area contributed by atoms with Crippen molar-refractivity contribution in [2.45, 2.75) is 26.7 Å². The van der Waals surface area contributed by atoms with E-state index in [2.05, 4.69) is 19.1 Å². The molecule has 1 nitrogen and oxygen atoms in total. The molecule has 0 saturated carbocycles. The van der Waals surface area contributed by atoms with Crippen LogP contribution in [0.4, 0.5) is 0 Å². The van der Waals surface area contributed by atoms with Gasteiger partial charge in [0.2, 0.25) is 0 Å². The molecule has 1 aromatic carbocycles. The maximum Gasteiger partial charge on any atom is 0.172 e. The largest absolute Gasteiger partial charge is 0.293 e. The van der Waals surface area contributed by atoms with Crippen molar-refractivity contribution in [2.24, 2.45) is 0 Å². The Morgan fingerprint density at radius 1 is 1.27 bits per heavy atom. The van der Waals surface area contributed by atoms with Crippen molar-refractivity contribution >= 4 is 27.2 Å². The highest BCUT2D eigenvalue weighted by atomic mass is 32.1. The highest BCUT2D eigenvalue weighted by molar-refractivity contribution is 7.21. The molecule has 78 valence electrons. The summed E-state index contributed by atoms with van der Waals surface area (Å²) >= 11 is 1.63. The van der Waals surface area contributed by atoms with Crippen molar-refractivity contribution in [3.05, 3.63) is 34.7 Å². The number of thiophene rings is 1. The first kappa shape index (κ1) is 10.4. The molecule has 0 amide bonds. The third kappa shape index (κ3) is 1.70. The standard InChI is InChI=1S/C13H14OS/c1-3-9-10-7-5-6-8-12(10)15-13(9)11(14)4-2/h5-8H,3-4H2,1-2H3. The first-order valence-electron chi connectivity index (χ1n) is 5.31. The van der Waals surface area contributed by atoms with Gasteiger partial charge in [0.15, 0.2) is 5.78 Å². The summed E-state index contributed by atoms with van der Waals surface area (Å²) in [6.07, 6.45) is 1.53. The Bertz CT molecular complexity index is 496. The molecule has 1 aromatic heterocycles. The van der Waals surface area contributed by atoms with Gasteiger partial charge < -0.3 is 0 Å². The van der Waals surface area contributed by atoms with E-state index >= 15 is 0 Å². The number of carbonyl (C=O) groups is 1. The molecule has 2 heteroatoms. The predicted molar refractivity (Wildman–Crippen MR) is 65.8 cm³/mol. The second-order valence-electron chi connectivity index (χ2n) is 3.54. The van der Waals surface area contributed by atoms with E-state index < -0.39 is 0 Å². The van der Waals surface area contributed by atoms with Gasteiger partial charge in [-0.3, -0.25) is 4.79 Å². The summed E-state index contributed by atoms with van der Waals surface area (Å²) in [5.41, 5.74) is 1.22. The molecule has 1 heterocycles. The number of ketones is 1. The molecule has 15 heavy (non-hydrogen) atoms. The Morgan fingerprint density at radius 3 is 2.67 bits per heavy atom. The van der Waals surface area contributed by atoms with Gasteiger partial charge >= 0.3 is 0 Å². The number of aryl methyl sites for hydroxylation is 1. The Morgan fingerprint density at radius 2 is 2.00 bits per heavy atom. The molecule has 0 unspecified atom stereocenters. The van der Waals surface area contributed by atoms with Gasteiger partial charge in [0.1, 0.15) is 0 Å². The van der Waals surface area contributed by atoms with Crippen LogP contribution >= 0.6 is 11.3 Å². The summed E-state index contributed by atoms with van der Waals surface area (Å²) in [5, 5.41) is 1.25. The van der Waals surface area contributed by atoms with Crippen LogP contribution in [0.2, 0.25) is 0 Å². The van der Waals surface area contributed by atoms with Gasteiger partial charge in [0.25, 0.3) is 0 Å². The monoisotopic (exact) mass is 218 g/mol. The maximum atomic E-state index is 11.8. The summed E-state index contributed by atoms with van der Waals surface area (Å²) in [7, 11) is 0. The molecular formula is C13H14OS. The van der Waals surface area contributed by atoms with Gasteiger partial charge in [-0.15, -0.1) is 11.3 Å². The molecule has 0 aliphatic heterocycles. The molecular weight excluding hydrogens is 204 g/mol. The van der Waals surface area contributed by atoms with Crippen LogP contribution in [-0.2, 0) is 6.42 Å². The first-order valence-corrected chi connectivity index (χ1v) is 6.13. The Kier molecular flexibility index (Phi) is 2.87. The molecule has 0 fully saturated rings. The zero-order valence-electron chi connectivity index (χ0n) is 9.04. The molecule has 2 aromatic rings. The lowest BCUT2D eigenvalue weighted by molar-refractivity contribution is 0.0991. The van der Waals surface area contributed by atoms with Crippen molar-refractivity contribution in [3.63, 3.8) is 0 Å². The lowest BCUT2D eigenvalue weighted by Crippen LogP contribution is -1.96. The van der Waals surface area contributed by atoms with Gasteiger partial charge in [0.05, 0.1) is 4.88 Å². The number of Topliss-reactive ketones (excluding diaryl/α,β-unsaturated/α-hetero) is 1. The van der Waals surface area contributed by atoms with Crippen molar-refractivity contribution in [2.75, 3.05) is 0 Å². The molecule has 0 bridgehead atoms. The minimum absolute atomic E-state index is 0.271. The van der Waals surface area contributed by atoms with Gasteiger partial charge in [-0.05, 0) is 23.4 Å². The van der Waals surface area contributed by atoms with E-state index in [1.54, 1.807) is 11.3 Å². The number of rotatable bonds is 3. The average Bonchev–Trinajstić information content (AvgIpc) is 2.66.